The molecule has 1 aromatic heterocycles. The first-order chi connectivity index (χ1) is 12.8. The molecule has 152 valence electrons. The highest BCUT2D eigenvalue weighted by molar-refractivity contribution is 5.86. The van der Waals surface area contributed by atoms with E-state index in [1.807, 2.05) is 23.6 Å². The summed E-state index contributed by atoms with van der Waals surface area (Å²) in [6.07, 6.45) is 3.22. The maximum absolute atomic E-state index is 12.9. The highest BCUT2D eigenvalue weighted by Crippen LogP contribution is 2.20. The third kappa shape index (κ3) is 4.59. The molecule has 3 aromatic rings. The van der Waals surface area contributed by atoms with Crippen molar-refractivity contribution >= 4 is 35.6 Å². The van der Waals surface area contributed by atoms with E-state index < -0.39 is 0 Å². The van der Waals surface area contributed by atoms with Gasteiger partial charge in [-0.2, -0.15) is 5.10 Å². The number of hydrogen-bond donors (Lipinski definition) is 1. The fourth-order valence-electron chi connectivity index (χ4n) is 3.99. The largest absolute Gasteiger partial charge is 0.346 e. The van der Waals surface area contributed by atoms with Crippen LogP contribution in [-0.2, 0) is 19.5 Å². The molecule has 1 fully saturated rings. The molecule has 0 amide bonds. The van der Waals surface area contributed by atoms with E-state index in [1.54, 1.807) is 4.68 Å². The van der Waals surface area contributed by atoms with Gasteiger partial charge in [0.05, 0.1) is 6.54 Å². The summed E-state index contributed by atoms with van der Waals surface area (Å²) in [6, 6.07) is 14.6. The number of rotatable bonds is 5. The molecular formula is C21H28Cl2N4O. The number of hydrogen-bond acceptors (Lipinski definition) is 3. The van der Waals surface area contributed by atoms with Crippen molar-refractivity contribution in [3.63, 3.8) is 0 Å². The van der Waals surface area contributed by atoms with Crippen LogP contribution in [0.5, 0.6) is 0 Å². The van der Waals surface area contributed by atoms with Gasteiger partial charge in [-0.3, -0.25) is 4.57 Å². The maximum atomic E-state index is 12.9. The van der Waals surface area contributed by atoms with Crippen LogP contribution in [0.15, 0.2) is 47.3 Å². The summed E-state index contributed by atoms with van der Waals surface area (Å²) < 4.78 is 3.48. The Morgan fingerprint density at radius 1 is 1.07 bits per heavy atom. The van der Waals surface area contributed by atoms with E-state index in [1.165, 1.54) is 10.8 Å². The van der Waals surface area contributed by atoms with Crippen LogP contribution in [0.1, 0.15) is 31.2 Å². The van der Waals surface area contributed by atoms with Gasteiger partial charge in [-0.05, 0) is 55.1 Å². The van der Waals surface area contributed by atoms with Gasteiger partial charge in [0.1, 0.15) is 5.82 Å². The topological polar surface area (TPSA) is 51.9 Å². The van der Waals surface area contributed by atoms with Crippen LogP contribution < -0.4 is 11.0 Å². The molecule has 0 bridgehead atoms. The third-order valence-electron chi connectivity index (χ3n) is 5.45. The van der Waals surface area contributed by atoms with E-state index in [4.69, 9.17) is 5.10 Å². The predicted octanol–water partition coefficient (Wildman–Crippen LogP) is 3.65. The average Bonchev–Trinajstić information content (AvgIpc) is 2.97. The molecule has 0 radical (unpaired) electrons. The second-order valence-corrected chi connectivity index (χ2v) is 7.14. The molecule has 1 saturated heterocycles. The maximum Gasteiger partial charge on any atom is 0.346 e. The molecule has 1 N–H and O–H groups in total. The fourth-order valence-corrected chi connectivity index (χ4v) is 3.99. The molecule has 0 atom stereocenters. The highest BCUT2D eigenvalue weighted by Gasteiger charge is 2.19. The minimum atomic E-state index is 0. The van der Waals surface area contributed by atoms with Crippen LogP contribution in [0, 0.1) is 5.92 Å². The average molecular weight is 423 g/mol. The summed E-state index contributed by atoms with van der Waals surface area (Å²) in [5, 5.41) is 10.5. The monoisotopic (exact) mass is 422 g/mol. The first kappa shape index (κ1) is 22.5. The molecule has 2 aromatic carbocycles. The summed E-state index contributed by atoms with van der Waals surface area (Å²) in [5.41, 5.74) is 1.14. The Labute approximate surface area is 178 Å². The Balaban J connectivity index is 0.00000140. The van der Waals surface area contributed by atoms with E-state index in [2.05, 4.69) is 35.6 Å². The zero-order valence-electron chi connectivity index (χ0n) is 16.1. The van der Waals surface area contributed by atoms with Gasteiger partial charge in [0, 0.05) is 13.0 Å². The van der Waals surface area contributed by atoms with Gasteiger partial charge < -0.3 is 5.32 Å². The molecule has 5 nitrogen and oxygen atoms in total. The number of nitrogens with zero attached hydrogens (tertiary/aromatic N) is 3. The Morgan fingerprint density at radius 2 is 1.79 bits per heavy atom. The lowest BCUT2D eigenvalue weighted by molar-refractivity contribution is 0.362. The Bertz CT molecular complexity index is 955. The molecule has 1 aliphatic rings. The standard InChI is InChI=1S/C21H26N4O.2ClH/c1-2-24-20(14-16-10-12-22-13-11-16)23-25(21(24)26)15-18-8-5-7-17-6-3-4-9-19(17)18;;/h3-9,16,22H,2,10-15H2,1H3;2*1H. The van der Waals surface area contributed by atoms with Gasteiger partial charge in [-0.15, -0.1) is 24.8 Å². The Hall–Kier alpha value is -1.82. The Morgan fingerprint density at radius 3 is 2.54 bits per heavy atom. The van der Waals surface area contributed by atoms with Crippen molar-refractivity contribution in [3.05, 3.63) is 64.3 Å². The van der Waals surface area contributed by atoms with E-state index in [9.17, 15) is 4.79 Å². The van der Waals surface area contributed by atoms with Crippen molar-refractivity contribution in [1.82, 2.24) is 19.7 Å². The zero-order chi connectivity index (χ0) is 17.9. The van der Waals surface area contributed by atoms with Crippen LogP contribution in [-0.4, -0.2) is 27.4 Å². The third-order valence-corrected chi connectivity index (χ3v) is 5.45. The molecule has 28 heavy (non-hydrogen) atoms. The molecule has 7 heteroatoms. The summed E-state index contributed by atoms with van der Waals surface area (Å²) in [5.74, 6) is 1.55. The van der Waals surface area contributed by atoms with Crippen molar-refractivity contribution in [2.24, 2.45) is 5.92 Å². The van der Waals surface area contributed by atoms with E-state index >= 15 is 0 Å². The Kier molecular flexibility index (Phi) is 8.10. The van der Waals surface area contributed by atoms with Gasteiger partial charge in [-0.25, -0.2) is 9.48 Å². The molecule has 1 aliphatic heterocycles. The van der Waals surface area contributed by atoms with E-state index in [0.29, 0.717) is 19.0 Å². The lowest BCUT2D eigenvalue weighted by atomic mass is 9.94. The molecule has 4 rings (SSSR count). The lowest BCUT2D eigenvalue weighted by Crippen LogP contribution is -2.30. The summed E-state index contributed by atoms with van der Waals surface area (Å²) >= 11 is 0. The minimum absolute atomic E-state index is 0. The number of aromatic nitrogens is 3. The summed E-state index contributed by atoms with van der Waals surface area (Å²) in [7, 11) is 0. The van der Waals surface area contributed by atoms with Crippen LogP contribution in [0.2, 0.25) is 0 Å². The van der Waals surface area contributed by atoms with Crippen molar-refractivity contribution in [3.8, 4) is 0 Å². The van der Waals surface area contributed by atoms with Crippen LogP contribution in [0.25, 0.3) is 10.8 Å². The van der Waals surface area contributed by atoms with Gasteiger partial charge >= 0.3 is 5.69 Å². The van der Waals surface area contributed by atoms with Crippen molar-refractivity contribution in [2.45, 2.75) is 39.3 Å². The fraction of sp³-hybridized carbons (Fsp3) is 0.429. The van der Waals surface area contributed by atoms with Crippen molar-refractivity contribution in [1.29, 1.82) is 0 Å². The molecule has 0 saturated carbocycles. The quantitative estimate of drug-likeness (QED) is 0.682. The van der Waals surface area contributed by atoms with Gasteiger partial charge in [0.2, 0.25) is 0 Å². The van der Waals surface area contributed by atoms with Gasteiger partial charge in [0.25, 0.3) is 0 Å². The SMILES string of the molecule is CCn1c(CC2CCNCC2)nn(Cc2cccc3ccccc23)c1=O.Cl.Cl. The number of piperidine rings is 1. The first-order valence-electron chi connectivity index (χ1n) is 9.60. The van der Waals surface area contributed by atoms with Crippen LogP contribution in [0.3, 0.4) is 0 Å². The van der Waals surface area contributed by atoms with E-state index in [0.717, 1.165) is 43.7 Å². The second kappa shape index (κ2) is 10.1. The summed E-state index contributed by atoms with van der Waals surface area (Å²) in [6.45, 7) is 5.35. The summed E-state index contributed by atoms with van der Waals surface area (Å²) in [4.78, 5) is 12.9. The highest BCUT2D eigenvalue weighted by atomic mass is 35.5. The van der Waals surface area contributed by atoms with Crippen molar-refractivity contribution < 1.29 is 0 Å². The lowest BCUT2D eigenvalue weighted by Gasteiger charge is -2.21. The van der Waals surface area contributed by atoms with Gasteiger partial charge in [-0.1, -0.05) is 42.5 Å². The zero-order valence-corrected chi connectivity index (χ0v) is 17.8. The molecule has 2 heterocycles. The smallest absolute Gasteiger partial charge is 0.317 e. The number of fused-ring (bicyclic) bond motifs is 1. The number of nitrogens with one attached hydrogen (secondary N) is 1. The predicted molar refractivity (Wildman–Crippen MR) is 119 cm³/mol. The first-order valence-corrected chi connectivity index (χ1v) is 9.60. The van der Waals surface area contributed by atoms with E-state index in [-0.39, 0.29) is 30.5 Å². The van der Waals surface area contributed by atoms with Gasteiger partial charge in [0.15, 0.2) is 0 Å². The molecule has 0 unspecified atom stereocenters. The van der Waals surface area contributed by atoms with Crippen molar-refractivity contribution in [2.75, 3.05) is 13.1 Å². The number of halogens is 2. The second-order valence-electron chi connectivity index (χ2n) is 7.14. The molecular weight excluding hydrogens is 395 g/mol. The number of benzene rings is 2. The van der Waals surface area contributed by atoms with Crippen LogP contribution in [0.4, 0.5) is 0 Å². The molecule has 0 spiro atoms. The normalized spacial score (nSPS) is 14.5. The van der Waals surface area contributed by atoms with Crippen LogP contribution >= 0.6 is 24.8 Å². The minimum Gasteiger partial charge on any atom is -0.317 e. The molecule has 0 aliphatic carbocycles.